The third-order valence-corrected chi connectivity index (χ3v) is 4.60. The summed E-state index contributed by atoms with van der Waals surface area (Å²) in [6, 6.07) is 0. The van der Waals surface area contributed by atoms with E-state index in [9.17, 15) is 0 Å². The van der Waals surface area contributed by atoms with E-state index in [0.29, 0.717) is 0 Å². The lowest BCUT2D eigenvalue weighted by Gasteiger charge is -2.19. The molecular formula is C15H29N3S. The van der Waals surface area contributed by atoms with Crippen molar-refractivity contribution in [3.8, 4) is 0 Å². The van der Waals surface area contributed by atoms with Crippen LogP contribution in [0.3, 0.4) is 0 Å². The Kier molecular flexibility index (Phi) is 8.26. The summed E-state index contributed by atoms with van der Waals surface area (Å²) < 4.78 is 0. The van der Waals surface area contributed by atoms with E-state index in [1.807, 2.05) is 5.51 Å². The van der Waals surface area contributed by atoms with Gasteiger partial charge in [-0.3, -0.25) is 0 Å². The molecule has 0 fully saturated rings. The normalized spacial score (nSPS) is 13.1. The number of aryl methyl sites for hydroxylation is 1. The van der Waals surface area contributed by atoms with E-state index in [1.54, 1.807) is 11.3 Å². The summed E-state index contributed by atoms with van der Waals surface area (Å²) in [6.07, 6.45) is 6.39. The monoisotopic (exact) mass is 283 g/mol. The number of aromatic nitrogens is 1. The number of nitrogens with two attached hydrogens (primary N) is 1. The molecule has 110 valence electrons. The Labute approximate surface area is 122 Å². The fraction of sp³-hybridized carbons (Fsp3) is 0.800. The molecule has 1 aromatic rings. The molecule has 1 rings (SSSR count). The van der Waals surface area contributed by atoms with E-state index >= 15 is 0 Å². The molecule has 0 aliphatic heterocycles. The molecule has 1 aromatic heterocycles. The number of hydrogen-bond acceptors (Lipinski definition) is 4. The summed E-state index contributed by atoms with van der Waals surface area (Å²) >= 11 is 1.76. The molecule has 3 nitrogen and oxygen atoms in total. The van der Waals surface area contributed by atoms with Gasteiger partial charge in [-0.25, -0.2) is 4.98 Å². The van der Waals surface area contributed by atoms with Crippen molar-refractivity contribution in [3.63, 3.8) is 0 Å². The summed E-state index contributed by atoms with van der Waals surface area (Å²) in [5, 5.41) is 0. The highest BCUT2D eigenvalue weighted by Gasteiger charge is 2.09. The van der Waals surface area contributed by atoms with Crippen molar-refractivity contribution in [3.05, 3.63) is 16.1 Å². The molecule has 1 unspecified atom stereocenters. The summed E-state index contributed by atoms with van der Waals surface area (Å²) in [5.41, 5.74) is 8.81. The van der Waals surface area contributed by atoms with E-state index in [4.69, 9.17) is 5.73 Å². The molecule has 1 atom stereocenters. The van der Waals surface area contributed by atoms with Gasteiger partial charge in [-0.2, -0.15) is 0 Å². The Bertz CT molecular complexity index is 332. The molecule has 0 saturated carbocycles. The fourth-order valence-corrected chi connectivity index (χ4v) is 3.39. The van der Waals surface area contributed by atoms with Crippen molar-refractivity contribution < 1.29 is 0 Å². The van der Waals surface area contributed by atoms with Crippen LogP contribution in [0.25, 0.3) is 0 Å². The molecule has 0 saturated heterocycles. The summed E-state index contributed by atoms with van der Waals surface area (Å²) in [7, 11) is 2.21. The number of hydrogen-bond donors (Lipinski definition) is 1. The van der Waals surface area contributed by atoms with Gasteiger partial charge in [0, 0.05) is 11.4 Å². The van der Waals surface area contributed by atoms with Gasteiger partial charge in [-0.1, -0.05) is 19.8 Å². The van der Waals surface area contributed by atoms with Crippen LogP contribution in [-0.4, -0.2) is 30.0 Å². The third-order valence-electron chi connectivity index (χ3n) is 3.68. The van der Waals surface area contributed by atoms with Gasteiger partial charge in [0.05, 0.1) is 11.2 Å². The van der Waals surface area contributed by atoms with E-state index in [1.165, 1.54) is 49.2 Å². The predicted molar refractivity (Wildman–Crippen MR) is 84.5 cm³/mol. The molecule has 0 aliphatic carbocycles. The maximum Gasteiger partial charge on any atom is 0.0798 e. The topological polar surface area (TPSA) is 42.1 Å². The number of nitrogens with zero attached hydrogens (tertiary/aromatic N) is 2. The van der Waals surface area contributed by atoms with E-state index in [0.717, 1.165) is 19.0 Å². The highest BCUT2D eigenvalue weighted by atomic mass is 32.1. The second kappa shape index (κ2) is 9.45. The minimum Gasteiger partial charge on any atom is -0.330 e. The van der Waals surface area contributed by atoms with E-state index in [2.05, 4.69) is 30.8 Å². The molecule has 0 spiro atoms. The molecule has 19 heavy (non-hydrogen) atoms. The van der Waals surface area contributed by atoms with Crippen molar-refractivity contribution in [2.45, 2.75) is 52.5 Å². The lowest BCUT2D eigenvalue weighted by atomic mass is 9.94. The zero-order valence-electron chi connectivity index (χ0n) is 12.7. The first kappa shape index (κ1) is 16.6. The molecule has 0 bridgehead atoms. The minimum absolute atomic E-state index is 0.827. The molecule has 0 radical (unpaired) electrons. The largest absolute Gasteiger partial charge is 0.330 e. The first-order valence-corrected chi connectivity index (χ1v) is 8.32. The average molecular weight is 283 g/mol. The van der Waals surface area contributed by atoms with Crippen LogP contribution < -0.4 is 5.73 Å². The number of rotatable bonds is 10. The van der Waals surface area contributed by atoms with Crippen LogP contribution >= 0.6 is 11.3 Å². The predicted octanol–water partition coefficient (Wildman–Crippen LogP) is 3.43. The molecule has 0 aliphatic rings. The zero-order chi connectivity index (χ0) is 14.1. The lowest BCUT2D eigenvalue weighted by molar-refractivity contribution is 0.299. The third kappa shape index (κ3) is 6.50. The van der Waals surface area contributed by atoms with Gasteiger partial charge in [0.1, 0.15) is 0 Å². The Hall–Kier alpha value is -0.450. The van der Waals surface area contributed by atoms with Gasteiger partial charge in [0.15, 0.2) is 0 Å². The minimum atomic E-state index is 0.827. The summed E-state index contributed by atoms with van der Waals surface area (Å²) in [5.74, 6) is 0.827. The first-order valence-electron chi connectivity index (χ1n) is 7.44. The molecular weight excluding hydrogens is 254 g/mol. The van der Waals surface area contributed by atoms with Crippen LogP contribution in [0.4, 0.5) is 0 Å². The van der Waals surface area contributed by atoms with Crippen molar-refractivity contribution in [1.29, 1.82) is 0 Å². The van der Waals surface area contributed by atoms with Gasteiger partial charge < -0.3 is 10.6 Å². The molecule has 1 heterocycles. The quantitative estimate of drug-likeness (QED) is 0.715. The lowest BCUT2D eigenvalue weighted by Crippen LogP contribution is -2.20. The van der Waals surface area contributed by atoms with Crippen LogP contribution in [-0.2, 0) is 6.54 Å². The maximum absolute atomic E-state index is 5.68. The van der Waals surface area contributed by atoms with Gasteiger partial charge in [-0.05, 0) is 52.2 Å². The van der Waals surface area contributed by atoms with Gasteiger partial charge in [-0.15, -0.1) is 11.3 Å². The SMILES string of the molecule is CCCC(CCN)CCCN(C)Cc1scnc1C. The molecule has 0 aromatic carbocycles. The highest BCUT2D eigenvalue weighted by molar-refractivity contribution is 7.09. The van der Waals surface area contributed by atoms with Crippen molar-refractivity contribution in [2.75, 3.05) is 20.1 Å². The Morgan fingerprint density at radius 2 is 2.16 bits per heavy atom. The van der Waals surface area contributed by atoms with Crippen molar-refractivity contribution in [1.82, 2.24) is 9.88 Å². The molecule has 4 heteroatoms. The van der Waals surface area contributed by atoms with E-state index < -0.39 is 0 Å². The fourth-order valence-electron chi connectivity index (χ4n) is 2.53. The van der Waals surface area contributed by atoms with Gasteiger partial charge in [0.25, 0.3) is 0 Å². The molecule has 0 amide bonds. The second-order valence-corrected chi connectivity index (χ2v) is 6.41. The van der Waals surface area contributed by atoms with Crippen LogP contribution in [0, 0.1) is 12.8 Å². The standard InChI is InChI=1S/C15H29N3S/c1-4-6-14(8-9-16)7-5-10-18(3)11-15-13(2)17-12-19-15/h12,14H,4-11,16H2,1-3H3. The summed E-state index contributed by atoms with van der Waals surface area (Å²) in [6.45, 7) is 7.40. The Morgan fingerprint density at radius 1 is 1.37 bits per heavy atom. The van der Waals surface area contributed by atoms with Crippen molar-refractivity contribution >= 4 is 11.3 Å². The van der Waals surface area contributed by atoms with E-state index in [-0.39, 0.29) is 0 Å². The summed E-state index contributed by atoms with van der Waals surface area (Å²) in [4.78, 5) is 8.11. The smallest absolute Gasteiger partial charge is 0.0798 e. The Morgan fingerprint density at radius 3 is 2.74 bits per heavy atom. The van der Waals surface area contributed by atoms with Crippen LogP contribution in [0.15, 0.2) is 5.51 Å². The van der Waals surface area contributed by atoms with Gasteiger partial charge in [0.2, 0.25) is 0 Å². The maximum atomic E-state index is 5.68. The van der Waals surface area contributed by atoms with Crippen LogP contribution in [0.1, 0.15) is 49.6 Å². The zero-order valence-corrected chi connectivity index (χ0v) is 13.5. The number of thiazole rings is 1. The molecule has 2 N–H and O–H groups in total. The van der Waals surface area contributed by atoms with Crippen LogP contribution in [0.5, 0.6) is 0 Å². The average Bonchev–Trinajstić information content (AvgIpc) is 2.75. The van der Waals surface area contributed by atoms with Crippen molar-refractivity contribution in [2.24, 2.45) is 11.7 Å². The Balaban J connectivity index is 2.22. The van der Waals surface area contributed by atoms with Gasteiger partial charge >= 0.3 is 0 Å². The van der Waals surface area contributed by atoms with Crippen LogP contribution in [0.2, 0.25) is 0 Å². The first-order chi connectivity index (χ1) is 9.17. The highest BCUT2D eigenvalue weighted by Crippen LogP contribution is 2.18. The second-order valence-electron chi connectivity index (χ2n) is 5.47.